The Hall–Kier alpha value is -2.04. The summed E-state index contributed by atoms with van der Waals surface area (Å²) in [7, 11) is 0. The molecule has 0 amide bonds. The van der Waals surface area contributed by atoms with Gasteiger partial charge in [-0.2, -0.15) is 4.98 Å². The largest absolute Gasteiger partial charge is 0.399 e. The number of rotatable bonds is 3. The highest BCUT2D eigenvalue weighted by molar-refractivity contribution is 5.60. The van der Waals surface area contributed by atoms with Crippen molar-refractivity contribution < 1.29 is 4.52 Å². The molecule has 100 valence electrons. The maximum absolute atomic E-state index is 5.84. The van der Waals surface area contributed by atoms with Crippen LogP contribution < -0.4 is 10.6 Å². The highest BCUT2D eigenvalue weighted by Crippen LogP contribution is 2.29. The molecule has 0 radical (unpaired) electrons. The lowest BCUT2D eigenvalue weighted by Crippen LogP contribution is -2.29. The van der Waals surface area contributed by atoms with Crippen LogP contribution in [0.2, 0.25) is 0 Å². The van der Waals surface area contributed by atoms with Crippen LogP contribution in [0, 0.1) is 0 Å². The summed E-state index contributed by atoms with van der Waals surface area (Å²) in [6, 6.07) is 6.09. The van der Waals surface area contributed by atoms with E-state index in [1.54, 1.807) is 0 Å². The first-order chi connectivity index (χ1) is 9.26. The van der Waals surface area contributed by atoms with Gasteiger partial charge < -0.3 is 15.2 Å². The molecule has 1 aromatic carbocycles. The van der Waals surface area contributed by atoms with Crippen molar-refractivity contribution in [3.63, 3.8) is 0 Å². The maximum atomic E-state index is 5.84. The molecule has 0 spiro atoms. The number of anilines is 2. The van der Waals surface area contributed by atoms with Crippen LogP contribution in [0.3, 0.4) is 0 Å². The number of nitrogen functional groups attached to an aromatic ring is 1. The minimum Gasteiger partial charge on any atom is -0.399 e. The molecular formula is C14H18N4O. The Bertz CT molecular complexity index is 579. The van der Waals surface area contributed by atoms with Gasteiger partial charge in [0.1, 0.15) is 0 Å². The fraction of sp³-hybridized carbons (Fsp3) is 0.429. The first-order valence-electron chi connectivity index (χ1n) is 6.71. The van der Waals surface area contributed by atoms with Crippen molar-refractivity contribution in [2.75, 3.05) is 17.2 Å². The Morgan fingerprint density at radius 2 is 2.32 bits per heavy atom. The standard InChI is InChI=1S/C14H18N4O/c1-2-13-16-14(19-17-13)9-18-7-3-4-10-8-11(15)5-6-12(10)18/h5-6,8H,2-4,7,9,15H2,1H3. The zero-order valence-electron chi connectivity index (χ0n) is 11.1. The van der Waals surface area contributed by atoms with Gasteiger partial charge in [-0.15, -0.1) is 0 Å². The zero-order chi connectivity index (χ0) is 13.2. The number of hydrogen-bond acceptors (Lipinski definition) is 5. The Morgan fingerprint density at radius 1 is 1.42 bits per heavy atom. The third kappa shape index (κ3) is 2.41. The van der Waals surface area contributed by atoms with Crippen LogP contribution in [0.1, 0.15) is 30.6 Å². The number of aryl methyl sites for hydroxylation is 2. The number of hydrogen-bond donors (Lipinski definition) is 1. The Morgan fingerprint density at radius 3 is 3.11 bits per heavy atom. The van der Waals surface area contributed by atoms with Crippen LogP contribution in [0.25, 0.3) is 0 Å². The van der Waals surface area contributed by atoms with Crippen molar-refractivity contribution in [1.82, 2.24) is 10.1 Å². The summed E-state index contributed by atoms with van der Waals surface area (Å²) in [6.45, 7) is 3.71. The highest BCUT2D eigenvalue weighted by atomic mass is 16.5. The number of nitrogens with two attached hydrogens (primary N) is 1. The molecule has 0 fully saturated rings. The highest BCUT2D eigenvalue weighted by Gasteiger charge is 2.19. The first-order valence-corrected chi connectivity index (χ1v) is 6.71. The van der Waals surface area contributed by atoms with Crippen molar-refractivity contribution in [3.8, 4) is 0 Å². The van der Waals surface area contributed by atoms with E-state index in [0.29, 0.717) is 12.4 Å². The van der Waals surface area contributed by atoms with E-state index in [1.807, 2.05) is 13.0 Å². The summed E-state index contributed by atoms with van der Waals surface area (Å²) in [6.07, 6.45) is 3.02. The molecule has 0 bridgehead atoms. The zero-order valence-corrected chi connectivity index (χ0v) is 11.1. The third-order valence-electron chi connectivity index (χ3n) is 3.47. The van der Waals surface area contributed by atoms with E-state index in [-0.39, 0.29) is 0 Å². The van der Waals surface area contributed by atoms with Gasteiger partial charge in [0.05, 0.1) is 6.54 Å². The summed E-state index contributed by atoms with van der Waals surface area (Å²) < 4.78 is 5.27. The molecule has 0 saturated heterocycles. The molecular weight excluding hydrogens is 240 g/mol. The minimum absolute atomic E-state index is 0.671. The molecule has 2 heterocycles. The number of aromatic nitrogens is 2. The summed E-state index contributed by atoms with van der Waals surface area (Å²) in [4.78, 5) is 6.65. The Labute approximate surface area is 112 Å². The van der Waals surface area contributed by atoms with Gasteiger partial charge in [-0.3, -0.25) is 0 Å². The second-order valence-electron chi connectivity index (χ2n) is 4.87. The van der Waals surface area contributed by atoms with E-state index in [0.717, 1.165) is 37.3 Å². The molecule has 3 rings (SSSR count). The molecule has 2 N–H and O–H groups in total. The number of benzene rings is 1. The van der Waals surface area contributed by atoms with Gasteiger partial charge >= 0.3 is 0 Å². The van der Waals surface area contributed by atoms with Crippen molar-refractivity contribution in [2.24, 2.45) is 0 Å². The van der Waals surface area contributed by atoms with E-state index in [9.17, 15) is 0 Å². The van der Waals surface area contributed by atoms with Gasteiger partial charge in [0, 0.05) is 24.3 Å². The maximum Gasteiger partial charge on any atom is 0.246 e. The molecule has 5 nitrogen and oxygen atoms in total. The molecule has 5 heteroatoms. The van der Waals surface area contributed by atoms with Gasteiger partial charge in [0.15, 0.2) is 5.82 Å². The Balaban J connectivity index is 1.83. The van der Waals surface area contributed by atoms with Crippen LogP contribution in [0.5, 0.6) is 0 Å². The van der Waals surface area contributed by atoms with Crippen LogP contribution in [0.15, 0.2) is 22.7 Å². The van der Waals surface area contributed by atoms with Gasteiger partial charge in [-0.25, -0.2) is 0 Å². The summed E-state index contributed by atoms with van der Waals surface area (Å²) >= 11 is 0. The van der Waals surface area contributed by atoms with Crippen molar-refractivity contribution in [3.05, 3.63) is 35.5 Å². The lowest BCUT2D eigenvalue weighted by atomic mass is 10.0. The summed E-state index contributed by atoms with van der Waals surface area (Å²) in [5.41, 5.74) is 9.21. The molecule has 2 aromatic rings. The fourth-order valence-electron chi connectivity index (χ4n) is 2.52. The molecule has 0 saturated carbocycles. The first kappa shape index (κ1) is 12.0. The SMILES string of the molecule is CCc1noc(CN2CCCc3cc(N)ccc32)n1. The van der Waals surface area contributed by atoms with Crippen molar-refractivity contribution in [2.45, 2.75) is 32.7 Å². The van der Waals surface area contributed by atoms with E-state index in [2.05, 4.69) is 27.2 Å². The summed E-state index contributed by atoms with van der Waals surface area (Å²) in [5, 5.41) is 3.94. The predicted octanol–water partition coefficient (Wildman–Crippen LogP) is 2.17. The molecule has 19 heavy (non-hydrogen) atoms. The normalized spacial score (nSPS) is 14.5. The average Bonchev–Trinajstić information content (AvgIpc) is 2.86. The molecule has 1 aliphatic rings. The number of nitrogens with zero attached hydrogens (tertiary/aromatic N) is 3. The lowest BCUT2D eigenvalue weighted by Gasteiger charge is -2.30. The van der Waals surface area contributed by atoms with Crippen LogP contribution in [-0.4, -0.2) is 16.7 Å². The smallest absolute Gasteiger partial charge is 0.246 e. The predicted molar refractivity (Wildman–Crippen MR) is 73.9 cm³/mol. The van der Waals surface area contributed by atoms with Crippen LogP contribution in [0.4, 0.5) is 11.4 Å². The molecule has 0 atom stereocenters. The second kappa shape index (κ2) is 4.91. The second-order valence-corrected chi connectivity index (χ2v) is 4.87. The van der Waals surface area contributed by atoms with Gasteiger partial charge in [0.25, 0.3) is 0 Å². The van der Waals surface area contributed by atoms with E-state index >= 15 is 0 Å². The van der Waals surface area contributed by atoms with E-state index in [4.69, 9.17) is 10.3 Å². The minimum atomic E-state index is 0.671. The molecule has 1 aliphatic heterocycles. The third-order valence-corrected chi connectivity index (χ3v) is 3.47. The fourth-order valence-corrected chi connectivity index (χ4v) is 2.52. The summed E-state index contributed by atoms with van der Waals surface area (Å²) in [5.74, 6) is 1.45. The monoisotopic (exact) mass is 258 g/mol. The molecule has 0 aliphatic carbocycles. The molecule has 0 unspecified atom stereocenters. The quantitative estimate of drug-likeness (QED) is 0.854. The van der Waals surface area contributed by atoms with Crippen molar-refractivity contribution >= 4 is 11.4 Å². The average molecular weight is 258 g/mol. The topological polar surface area (TPSA) is 68.2 Å². The van der Waals surface area contributed by atoms with Gasteiger partial charge in [-0.1, -0.05) is 12.1 Å². The van der Waals surface area contributed by atoms with Gasteiger partial charge in [0.2, 0.25) is 5.89 Å². The van der Waals surface area contributed by atoms with E-state index in [1.165, 1.54) is 11.3 Å². The molecule has 1 aromatic heterocycles. The van der Waals surface area contributed by atoms with Crippen LogP contribution in [-0.2, 0) is 19.4 Å². The number of fused-ring (bicyclic) bond motifs is 1. The van der Waals surface area contributed by atoms with E-state index < -0.39 is 0 Å². The lowest BCUT2D eigenvalue weighted by molar-refractivity contribution is 0.370. The van der Waals surface area contributed by atoms with Gasteiger partial charge in [-0.05, 0) is 36.6 Å². The Kier molecular flexibility index (Phi) is 3.11. The van der Waals surface area contributed by atoms with Crippen molar-refractivity contribution in [1.29, 1.82) is 0 Å². The van der Waals surface area contributed by atoms with Crippen LogP contribution >= 0.6 is 0 Å².